The van der Waals surface area contributed by atoms with Crippen LogP contribution in [-0.2, 0) is 17.8 Å². The lowest BCUT2D eigenvalue weighted by Gasteiger charge is -2.24. The van der Waals surface area contributed by atoms with Gasteiger partial charge in [-0.05, 0) is 59.7 Å². The molecule has 134 valence electrons. The number of aromatic amines is 1. The van der Waals surface area contributed by atoms with Gasteiger partial charge < -0.3 is 15.0 Å². The molecule has 0 saturated carbocycles. The van der Waals surface area contributed by atoms with E-state index in [1.54, 1.807) is 0 Å². The highest BCUT2D eigenvalue weighted by atomic mass is 19.1. The number of benzene rings is 1. The highest BCUT2D eigenvalue weighted by Gasteiger charge is 2.29. The van der Waals surface area contributed by atoms with Crippen LogP contribution in [0.1, 0.15) is 34.7 Å². The topological polar surface area (TPSA) is 49.9 Å². The van der Waals surface area contributed by atoms with Crippen molar-refractivity contribution in [2.45, 2.75) is 38.6 Å². The van der Waals surface area contributed by atoms with Crippen LogP contribution in [-0.4, -0.2) is 29.3 Å². The Hall–Kier alpha value is -2.24. The number of aryl methyl sites for hydroxylation is 1. The zero-order chi connectivity index (χ0) is 17.7. The van der Waals surface area contributed by atoms with Gasteiger partial charge in [-0.3, -0.25) is 0 Å². The summed E-state index contributed by atoms with van der Waals surface area (Å²) in [6, 6.07) is 6.72. The molecule has 0 bridgehead atoms. The predicted octanol–water partition coefficient (Wildman–Crippen LogP) is 3.98. The SMILES string of the molecule is Cc1c[nH]c2ncc(-c3cc4c(c(C5CC(F)CN5)c3)COCC4)cc12. The number of nitrogens with zero attached hydrogens (tertiary/aromatic N) is 1. The van der Waals surface area contributed by atoms with Gasteiger partial charge in [0.1, 0.15) is 11.8 Å². The number of pyridine rings is 1. The Balaban J connectivity index is 1.65. The summed E-state index contributed by atoms with van der Waals surface area (Å²) in [6.45, 7) is 3.88. The summed E-state index contributed by atoms with van der Waals surface area (Å²) >= 11 is 0. The molecule has 2 unspecified atom stereocenters. The van der Waals surface area contributed by atoms with Gasteiger partial charge in [0, 0.05) is 35.9 Å². The summed E-state index contributed by atoms with van der Waals surface area (Å²) in [7, 11) is 0. The van der Waals surface area contributed by atoms with Crippen molar-refractivity contribution in [3.8, 4) is 11.1 Å². The number of nitrogens with one attached hydrogen (secondary N) is 2. The smallest absolute Gasteiger partial charge is 0.137 e. The maximum Gasteiger partial charge on any atom is 0.137 e. The monoisotopic (exact) mass is 351 g/mol. The second-order valence-electron chi connectivity index (χ2n) is 7.39. The average molecular weight is 351 g/mol. The lowest BCUT2D eigenvalue weighted by Crippen LogP contribution is -2.19. The fourth-order valence-corrected chi connectivity index (χ4v) is 4.21. The maximum atomic E-state index is 13.8. The molecule has 26 heavy (non-hydrogen) atoms. The highest BCUT2D eigenvalue weighted by Crippen LogP contribution is 2.36. The maximum absolute atomic E-state index is 13.8. The number of alkyl halides is 1. The Kier molecular flexibility index (Phi) is 3.80. The van der Waals surface area contributed by atoms with Crippen LogP contribution in [0.2, 0.25) is 0 Å². The standard InChI is InChI=1S/C21H22FN3O/c1-12-8-24-21-17(12)6-15(9-25-21)14-4-13-2-3-26-11-19(13)18(5-14)20-7-16(22)10-23-20/h4-6,8-9,16,20,23H,2-3,7,10-11H2,1H3,(H,24,25). The molecule has 0 amide bonds. The van der Waals surface area contributed by atoms with Crippen LogP contribution in [0.3, 0.4) is 0 Å². The second-order valence-corrected chi connectivity index (χ2v) is 7.39. The molecule has 2 aliphatic rings. The molecule has 0 spiro atoms. The Bertz CT molecular complexity index is 981. The highest BCUT2D eigenvalue weighted by molar-refractivity contribution is 5.84. The number of hydrogen-bond acceptors (Lipinski definition) is 3. The molecular formula is C21H22FN3O. The molecule has 0 aliphatic carbocycles. The fourth-order valence-electron chi connectivity index (χ4n) is 4.21. The summed E-state index contributed by atoms with van der Waals surface area (Å²) in [4.78, 5) is 7.77. The molecule has 4 heterocycles. The van der Waals surface area contributed by atoms with Gasteiger partial charge in [0.05, 0.1) is 13.2 Å². The lowest BCUT2D eigenvalue weighted by atomic mass is 9.88. The molecule has 2 aromatic heterocycles. The van der Waals surface area contributed by atoms with Crippen LogP contribution in [0.25, 0.3) is 22.2 Å². The van der Waals surface area contributed by atoms with E-state index in [0.717, 1.165) is 35.2 Å². The fraction of sp³-hybridized carbons (Fsp3) is 0.381. The largest absolute Gasteiger partial charge is 0.376 e. The summed E-state index contributed by atoms with van der Waals surface area (Å²) in [5, 5.41) is 4.48. The molecule has 5 rings (SSSR count). The minimum Gasteiger partial charge on any atom is -0.376 e. The molecular weight excluding hydrogens is 329 g/mol. The summed E-state index contributed by atoms with van der Waals surface area (Å²) < 4.78 is 19.5. The van der Waals surface area contributed by atoms with Gasteiger partial charge in [0.15, 0.2) is 0 Å². The number of aromatic nitrogens is 2. The van der Waals surface area contributed by atoms with E-state index < -0.39 is 6.17 Å². The molecule has 2 atom stereocenters. The molecule has 0 radical (unpaired) electrons. The molecule has 5 heteroatoms. The predicted molar refractivity (Wildman–Crippen MR) is 99.9 cm³/mol. The van der Waals surface area contributed by atoms with Gasteiger partial charge in [-0.15, -0.1) is 0 Å². The van der Waals surface area contributed by atoms with E-state index >= 15 is 0 Å². The van der Waals surface area contributed by atoms with Crippen molar-refractivity contribution in [2.24, 2.45) is 0 Å². The first-order valence-corrected chi connectivity index (χ1v) is 9.24. The summed E-state index contributed by atoms with van der Waals surface area (Å²) in [6.07, 6.45) is 4.57. The molecule has 1 aromatic carbocycles. The number of halogens is 1. The number of hydrogen-bond donors (Lipinski definition) is 2. The van der Waals surface area contributed by atoms with Gasteiger partial charge >= 0.3 is 0 Å². The van der Waals surface area contributed by atoms with Crippen molar-refractivity contribution in [3.05, 3.63) is 52.8 Å². The second kappa shape index (κ2) is 6.18. The van der Waals surface area contributed by atoms with Crippen molar-refractivity contribution >= 4 is 11.0 Å². The third kappa shape index (κ3) is 2.63. The average Bonchev–Trinajstić information content (AvgIpc) is 3.26. The molecule has 1 fully saturated rings. The Labute approximate surface area is 151 Å². The van der Waals surface area contributed by atoms with E-state index in [4.69, 9.17) is 4.74 Å². The van der Waals surface area contributed by atoms with E-state index in [-0.39, 0.29) is 6.04 Å². The minimum atomic E-state index is -0.774. The van der Waals surface area contributed by atoms with Gasteiger partial charge in [-0.25, -0.2) is 9.37 Å². The lowest BCUT2D eigenvalue weighted by molar-refractivity contribution is 0.109. The van der Waals surface area contributed by atoms with Crippen LogP contribution in [0.4, 0.5) is 4.39 Å². The van der Waals surface area contributed by atoms with Crippen molar-refractivity contribution in [3.63, 3.8) is 0 Å². The quantitative estimate of drug-likeness (QED) is 0.734. The minimum absolute atomic E-state index is 0.0612. The normalized spacial score (nSPS) is 22.7. The molecule has 2 aliphatic heterocycles. The molecule has 4 nitrogen and oxygen atoms in total. The zero-order valence-corrected chi connectivity index (χ0v) is 14.8. The zero-order valence-electron chi connectivity index (χ0n) is 14.8. The summed E-state index contributed by atoms with van der Waals surface area (Å²) in [5.74, 6) is 0. The Morgan fingerprint density at radius 2 is 2.15 bits per heavy atom. The van der Waals surface area contributed by atoms with Crippen molar-refractivity contribution in [1.82, 2.24) is 15.3 Å². The Morgan fingerprint density at radius 1 is 1.23 bits per heavy atom. The van der Waals surface area contributed by atoms with Crippen LogP contribution < -0.4 is 5.32 Å². The van der Waals surface area contributed by atoms with Crippen molar-refractivity contribution in [1.29, 1.82) is 0 Å². The van der Waals surface area contributed by atoms with Crippen LogP contribution in [0.15, 0.2) is 30.6 Å². The van der Waals surface area contributed by atoms with Gasteiger partial charge in [-0.1, -0.05) is 6.07 Å². The third-order valence-corrected chi connectivity index (χ3v) is 5.66. The van der Waals surface area contributed by atoms with E-state index in [2.05, 4.69) is 40.4 Å². The van der Waals surface area contributed by atoms with Crippen molar-refractivity contribution in [2.75, 3.05) is 13.2 Å². The van der Waals surface area contributed by atoms with Gasteiger partial charge in [0.25, 0.3) is 0 Å². The first kappa shape index (κ1) is 16.0. The van der Waals surface area contributed by atoms with E-state index in [0.29, 0.717) is 19.6 Å². The molecule has 2 N–H and O–H groups in total. The number of ether oxygens (including phenoxy) is 1. The van der Waals surface area contributed by atoms with Crippen LogP contribution in [0, 0.1) is 6.92 Å². The van der Waals surface area contributed by atoms with Gasteiger partial charge in [0.2, 0.25) is 0 Å². The first-order valence-electron chi connectivity index (χ1n) is 9.24. The van der Waals surface area contributed by atoms with Crippen LogP contribution >= 0.6 is 0 Å². The Morgan fingerprint density at radius 3 is 3.00 bits per heavy atom. The number of fused-ring (bicyclic) bond motifs is 2. The molecule has 1 saturated heterocycles. The van der Waals surface area contributed by atoms with E-state index in [9.17, 15) is 4.39 Å². The van der Waals surface area contributed by atoms with E-state index in [1.165, 1.54) is 22.3 Å². The first-order chi connectivity index (χ1) is 12.7. The van der Waals surface area contributed by atoms with E-state index in [1.807, 2.05) is 12.4 Å². The number of rotatable bonds is 2. The number of H-pyrrole nitrogens is 1. The van der Waals surface area contributed by atoms with Crippen LogP contribution in [0.5, 0.6) is 0 Å². The molecule has 3 aromatic rings. The third-order valence-electron chi connectivity index (χ3n) is 5.66. The van der Waals surface area contributed by atoms with Crippen molar-refractivity contribution < 1.29 is 9.13 Å². The van der Waals surface area contributed by atoms with Gasteiger partial charge in [-0.2, -0.15) is 0 Å². The summed E-state index contributed by atoms with van der Waals surface area (Å²) in [5.41, 5.74) is 8.10.